The highest BCUT2D eigenvalue weighted by Crippen LogP contribution is 2.21. The Labute approximate surface area is 167 Å². The second-order valence-corrected chi connectivity index (χ2v) is 7.89. The number of rotatable bonds is 13. The Hall–Kier alpha value is -1.28. The Morgan fingerprint density at radius 3 is 2.85 bits per heavy atom. The molecule has 6 nitrogen and oxygen atoms in total. The van der Waals surface area contributed by atoms with Gasteiger partial charge in [0.1, 0.15) is 17.8 Å². The molecule has 2 unspecified atom stereocenters. The quantitative estimate of drug-likeness (QED) is 0.204. The maximum atomic E-state index is 7.29. The highest BCUT2D eigenvalue weighted by molar-refractivity contribution is 8.12. The molecular weight excluding hydrogens is 360 g/mol. The Bertz CT molecular complexity index is 540. The summed E-state index contributed by atoms with van der Waals surface area (Å²) in [7, 11) is 0. The zero-order chi connectivity index (χ0) is 19.3. The van der Waals surface area contributed by atoms with Crippen molar-refractivity contribution >= 4 is 23.0 Å². The van der Waals surface area contributed by atoms with Gasteiger partial charge in [-0.3, -0.25) is 9.74 Å². The van der Waals surface area contributed by atoms with Crippen LogP contribution >= 0.6 is 11.8 Å². The van der Waals surface area contributed by atoms with Crippen molar-refractivity contribution in [1.82, 2.24) is 10.4 Å². The summed E-state index contributed by atoms with van der Waals surface area (Å²) in [4.78, 5) is 8.05. The molecule has 27 heavy (non-hydrogen) atoms. The van der Waals surface area contributed by atoms with Gasteiger partial charge in [0.25, 0.3) is 0 Å². The van der Waals surface area contributed by atoms with Gasteiger partial charge in [-0.15, -0.1) is 0 Å². The van der Waals surface area contributed by atoms with Crippen LogP contribution in [0.1, 0.15) is 39.5 Å². The van der Waals surface area contributed by atoms with Gasteiger partial charge in [-0.2, -0.15) is 0 Å². The standard InChI is InChI=1S/C20H34N4O2S/c1-3-22-26-20(27-16-21)14-17(2)23-18-8-7-9-19(15-18)25-13-12-24-10-5-4-6-11-24/h7-9,15-17,20-23H,3-6,10-14H2,1-2H3. The number of anilines is 1. The number of hydrogen-bond donors (Lipinski definition) is 3. The number of hydrogen-bond acceptors (Lipinski definition) is 7. The fourth-order valence-corrected chi connectivity index (χ4v) is 3.84. The Morgan fingerprint density at radius 1 is 1.30 bits per heavy atom. The number of nitrogens with one attached hydrogen (secondary N) is 3. The highest BCUT2D eigenvalue weighted by Gasteiger charge is 2.14. The zero-order valence-corrected chi connectivity index (χ0v) is 17.4. The van der Waals surface area contributed by atoms with Crippen molar-refractivity contribution in [3.05, 3.63) is 24.3 Å². The predicted octanol–water partition coefficient (Wildman–Crippen LogP) is 3.95. The summed E-state index contributed by atoms with van der Waals surface area (Å²) in [6.45, 7) is 8.99. The van der Waals surface area contributed by atoms with Crippen molar-refractivity contribution in [2.24, 2.45) is 0 Å². The van der Waals surface area contributed by atoms with Crippen molar-refractivity contribution < 1.29 is 9.57 Å². The summed E-state index contributed by atoms with van der Waals surface area (Å²) in [5.41, 5.74) is 5.16. The molecule has 0 aromatic heterocycles. The SMILES string of the molecule is CCNOC(CC(C)Nc1cccc(OCCN2CCCCC2)c1)SC=N. The molecule has 0 saturated carbocycles. The van der Waals surface area contributed by atoms with Crippen LogP contribution in [-0.4, -0.2) is 54.7 Å². The average molecular weight is 395 g/mol. The minimum Gasteiger partial charge on any atom is -0.492 e. The van der Waals surface area contributed by atoms with E-state index in [0.29, 0.717) is 0 Å². The Balaban J connectivity index is 1.76. The molecule has 1 aromatic rings. The fraction of sp³-hybridized carbons (Fsp3) is 0.650. The summed E-state index contributed by atoms with van der Waals surface area (Å²) in [6.07, 6.45) is 4.77. The molecule has 3 N–H and O–H groups in total. The maximum Gasteiger partial charge on any atom is 0.131 e. The van der Waals surface area contributed by atoms with Crippen LogP contribution in [0.4, 0.5) is 5.69 Å². The van der Waals surface area contributed by atoms with E-state index in [4.69, 9.17) is 15.0 Å². The molecule has 2 rings (SSSR count). The Kier molecular flexibility index (Phi) is 10.6. The minimum atomic E-state index is -0.0890. The van der Waals surface area contributed by atoms with E-state index < -0.39 is 0 Å². The number of likely N-dealkylation sites (tertiary alicyclic amines) is 1. The maximum absolute atomic E-state index is 7.29. The molecule has 7 heteroatoms. The van der Waals surface area contributed by atoms with Crippen molar-refractivity contribution in [3.8, 4) is 5.75 Å². The second kappa shape index (κ2) is 13.0. The summed E-state index contributed by atoms with van der Waals surface area (Å²) >= 11 is 1.37. The number of ether oxygens (including phenoxy) is 1. The van der Waals surface area contributed by atoms with Gasteiger partial charge in [0.15, 0.2) is 0 Å². The largest absolute Gasteiger partial charge is 0.492 e. The third-order valence-electron chi connectivity index (χ3n) is 4.50. The molecular formula is C20H34N4O2S. The number of thioether (sulfide) groups is 1. The summed E-state index contributed by atoms with van der Waals surface area (Å²) in [5.74, 6) is 0.901. The first-order chi connectivity index (χ1) is 13.2. The van der Waals surface area contributed by atoms with Gasteiger partial charge < -0.3 is 15.5 Å². The first kappa shape index (κ1) is 22.0. The van der Waals surface area contributed by atoms with Crippen LogP contribution in [0.3, 0.4) is 0 Å². The molecule has 1 aliphatic heterocycles. The molecule has 0 radical (unpaired) electrons. The average Bonchev–Trinajstić information content (AvgIpc) is 2.67. The van der Waals surface area contributed by atoms with E-state index in [-0.39, 0.29) is 11.5 Å². The lowest BCUT2D eigenvalue weighted by Crippen LogP contribution is -2.33. The number of nitrogens with zero attached hydrogens (tertiary/aromatic N) is 1. The molecule has 1 aromatic carbocycles. The normalized spacial score (nSPS) is 17.3. The van der Waals surface area contributed by atoms with Gasteiger partial charge in [0.05, 0.1) is 5.55 Å². The first-order valence-electron chi connectivity index (χ1n) is 9.96. The smallest absolute Gasteiger partial charge is 0.131 e. The Morgan fingerprint density at radius 2 is 2.11 bits per heavy atom. The molecule has 0 spiro atoms. The van der Waals surface area contributed by atoms with Crippen LogP contribution < -0.4 is 15.5 Å². The topological polar surface area (TPSA) is 69.6 Å². The van der Waals surface area contributed by atoms with Gasteiger partial charge in [0, 0.05) is 37.3 Å². The van der Waals surface area contributed by atoms with Crippen LogP contribution in [0.25, 0.3) is 0 Å². The monoisotopic (exact) mass is 394 g/mol. The minimum absolute atomic E-state index is 0.0890. The molecule has 0 amide bonds. The van der Waals surface area contributed by atoms with Crippen LogP contribution in [-0.2, 0) is 4.84 Å². The van der Waals surface area contributed by atoms with Crippen molar-refractivity contribution in [2.75, 3.05) is 38.1 Å². The lowest BCUT2D eigenvalue weighted by atomic mass is 10.1. The van der Waals surface area contributed by atoms with Gasteiger partial charge in [-0.05, 0) is 45.0 Å². The van der Waals surface area contributed by atoms with Crippen LogP contribution in [0.15, 0.2) is 24.3 Å². The molecule has 1 heterocycles. The lowest BCUT2D eigenvalue weighted by Gasteiger charge is -2.26. The van der Waals surface area contributed by atoms with Gasteiger partial charge in [-0.25, -0.2) is 5.48 Å². The van der Waals surface area contributed by atoms with Crippen LogP contribution in [0.2, 0.25) is 0 Å². The lowest BCUT2D eigenvalue weighted by molar-refractivity contribution is 0.0213. The van der Waals surface area contributed by atoms with Crippen molar-refractivity contribution in [2.45, 2.75) is 51.0 Å². The van der Waals surface area contributed by atoms with Crippen molar-refractivity contribution in [1.29, 1.82) is 5.41 Å². The summed E-state index contributed by atoms with van der Waals surface area (Å²) in [5, 5.41) is 10.8. The van der Waals surface area contributed by atoms with E-state index in [2.05, 4.69) is 34.8 Å². The van der Waals surface area contributed by atoms with Gasteiger partial charge in [0.2, 0.25) is 0 Å². The van der Waals surface area contributed by atoms with E-state index in [1.807, 2.05) is 19.1 Å². The molecule has 0 bridgehead atoms. The van der Waals surface area contributed by atoms with E-state index in [0.717, 1.165) is 37.6 Å². The van der Waals surface area contributed by atoms with Crippen LogP contribution in [0, 0.1) is 5.41 Å². The predicted molar refractivity (Wildman–Crippen MR) is 115 cm³/mol. The van der Waals surface area contributed by atoms with E-state index in [1.54, 1.807) is 0 Å². The molecule has 1 fully saturated rings. The second-order valence-electron chi connectivity index (χ2n) is 6.86. The highest BCUT2D eigenvalue weighted by atomic mass is 32.2. The third kappa shape index (κ3) is 8.97. The fourth-order valence-electron chi connectivity index (χ4n) is 3.17. The summed E-state index contributed by atoms with van der Waals surface area (Å²) < 4.78 is 5.95. The molecule has 1 saturated heterocycles. The van der Waals surface area contributed by atoms with Crippen molar-refractivity contribution in [3.63, 3.8) is 0 Å². The number of piperidine rings is 1. The molecule has 0 aliphatic carbocycles. The van der Waals surface area contributed by atoms with Gasteiger partial charge >= 0.3 is 0 Å². The van der Waals surface area contributed by atoms with E-state index >= 15 is 0 Å². The zero-order valence-electron chi connectivity index (χ0n) is 16.6. The molecule has 152 valence electrons. The van der Waals surface area contributed by atoms with E-state index in [1.165, 1.54) is 49.7 Å². The molecule has 2 atom stereocenters. The number of hydroxylamine groups is 1. The van der Waals surface area contributed by atoms with Gasteiger partial charge in [-0.1, -0.05) is 31.2 Å². The van der Waals surface area contributed by atoms with Crippen LogP contribution in [0.5, 0.6) is 5.75 Å². The molecule has 1 aliphatic rings. The third-order valence-corrected chi connectivity index (χ3v) is 5.23. The number of benzene rings is 1. The van der Waals surface area contributed by atoms with E-state index in [9.17, 15) is 0 Å². The first-order valence-corrected chi connectivity index (χ1v) is 10.9. The summed E-state index contributed by atoms with van der Waals surface area (Å²) in [6, 6.07) is 8.34.